The fourth-order valence-electron chi connectivity index (χ4n) is 2.88. The van der Waals surface area contributed by atoms with Gasteiger partial charge < -0.3 is 14.6 Å². The predicted molar refractivity (Wildman–Crippen MR) is 75.0 cm³/mol. The zero-order chi connectivity index (χ0) is 13.2. The average Bonchev–Trinajstić information content (AvgIpc) is 2.79. The molecule has 0 bridgehead atoms. The minimum Gasteiger partial charge on any atom is -0.370 e. The van der Waals surface area contributed by atoms with Crippen LogP contribution in [0.1, 0.15) is 17.4 Å². The van der Waals surface area contributed by atoms with E-state index in [-0.39, 0.29) is 6.10 Å². The normalized spacial score (nSPS) is 18.3. The quantitative estimate of drug-likeness (QED) is 0.913. The van der Waals surface area contributed by atoms with Crippen LogP contribution in [0, 0.1) is 0 Å². The summed E-state index contributed by atoms with van der Waals surface area (Å²) in [5.74, 6) is 0. The Morgan fingerprint density at radius 3 is 2.95 bits per heavy atom. The molecule has 0 aromatic carbocycles. The standard InChI is InChI=1S/C15H19N3O/c1-16-9-14-15-12(5-8-19-14)13(10-18(15)2)11-3-6-17-7-4-11/h3-4,6-7,10,14,16H,5,8-9H2,1-2H3. The third kappa shape index (κ3) is 2.17. The number of nitrogens with one attached hydrogen (secondary N) is 1. The molecular weight excluding hydrogens is 238 g/mol. The molecule has 0 fully saturated rings. The number of fused-ring (bicyclic) bond motifs is 1. The number of hydrogen-bond donors (Lipinski definition) is 1. The molecule has 1 atom stereocenters. The van der Waals surface area contributed by atoms with Gasteiger partial charge in [0.2, 0.25) is 0 Å². The highest BCUT2D eigenvalue weighted by Gasteiger charge is 2.26. The van der Waals surface area contributed by atoms with E-state index in [1.807, 2.05) is 19.4 Å². The van der Waals surface area contributed by atoms with Crippen molar-refractivity contribution >= 4 is 0 Å². The highest BCUT2D eigenvalue weighted by molar-refractivity contribution is 5.68. The van der Waals surface area contributed by atoms with Gasteiger partial charge in [0.25, 0.3) is 0 Å². The molecule has 4 nitrogen and oxygen atoms in total. The Balaban J connectivity index is 2.07. The van der Waals surface area contributed by atoms with Crippen LogP contribution in [0.5, 0.6) is 0 Å². The Hall–Kier alpha value is -1.65. The second kappa shape index (κ2) is 5.15. The lowest BCUT2D eigenvalue weighted by atomic mass is 9.98. The van der Waals surface area contributed by atoms with E-state index in [1.165, 1.54) is 22.4 Å². The number of hydrogen-bond acceptors (Lipinski definition) is 3. The molecular formula is C15H19N3O. The minimum absolute atomic E-state index is 0.148. The third-order valence-corrected chi connectivity index (χ3v) is 3.69. The second-order valence-electron chi connectivity index (χ2n) is 4.92. The van der Waals surface area contributed by atoms with Gasteiger partial charge in [0.15, 0.2) is 0 Å². The molecule has 1 aliphatic rings. The zero-order valence-electron chi connectivity index (χ0n) is 11.4. The monoisotopic (exact) mass is 257 g/mol. The van der Waals surface area contributed by atoms with Crippen molar-refractivity contribution in [1.82, 2.24) is 14.9 Å². The number of aryl methyl sites for hydroxylation is 1. The Kier molecular flexibility index (Phi) is 3.36. The van der Waals surface area contributed by atoms with Gasteiger partial charge in [-0.05, 0) is 36.7 Å². The number of likely N-dealkylation sites (N-methyl/N-ethyl adjacent to an activating group) is 1. The number of ether oxygens (including phenoxy) is 1. The van der Waals surface area contributed by atoms with Gasteiger partial charge in [-0.25, -0.2) is 0 Å². The molecule has 2 aromatic heterocycles. The van der Waals surface area contributed by atoms with E-state index in [2.05, 4.69) is 40.2 Å². The summed E-state index contributed by atoms with van der Waals surface area (Å²) in [7, 11) is 4.06. The molecule has 19 heavy (non-hydrogen) atoms. The average molecular weight is 257 g/mol. The van der Waals surface area contributed by atoms with Crippen LogP contribution in [-0.4, -0.2) is 29.8 Å². The molecule has 0 aliphatic carbocycles. The molecule has 2 aromatic rings. The molecule has 1 aliphatic heterocycles. The van der Waals surface area contributed by atoms with Gasteiger partial charge in [0, 0.05) is 37.7 Å². The van der Waals surface area contributed by atoms with Crippen molar-refractivity contribution in [2.45, 2.75) is 12.5 Å². The summed E-state index contributed by atoms with van der Waals surface area (Å²) in [5, 5.41) is 3.21. The predicted octanol–water partition coefficient (Wildman–Crippen LogP) is 1.92. The molecule has 3 heterocycles. The van der Waals surface area contributed by atoms with Crippen molar-refractivity contribution in [3.63, 3.8) is 0 Å². The summed E-state index contributed by atoms with van der Waals surface area (Å²) < 4.78 is 8.08. The Morgan fingerprint density at radius 1 is 1.42 bits per heavy atom. The molecule has 3 rings (SSSR count). The lowest BCUT2D eigenvalue weighted by Crippen LogP contribution is -2.26. The van der Waals surface area contributed by atoms with E-state index >= 15 is 0 Å². The van der Waals surface area contributed by atoms with Gasteiger partial charge in [0.05, 0.1) is 12.3 Å². The van der Waals surface area contributed by atoms with Crippen molar-refractivity contribution in [2.75, 3.05) is 20.2 Å². The number of pyridine rings is 1. The molecule has 0 spiro atoms. The zero-order valence-corrected chi connectivity index (χ0v) is 11.4. The first-order valence-corrected chi connectivity index (χ1v) is 6.66. The molecule has 1 N–H and O–H groups in total. The number of rotatable bonds is 3. The Morgan fingerprint density at radius 2 is 2.21 bits per heavy atom. The van der Waals surface area contributed by atoms with Gasteiger partial charge in [0.1, 0.15) is 6.10 Å². The van der Waals surface area contributed by atoms with Gasteiger partial charge in [-0.1, -0.05) is 0 Å². The molecule has 0 saturated carbocycles. The SMILES string of the molecule is CNCC1OCCc2c(-c3ccncc3)cn(C)c21. The summed E-state index contributed by atoms with van der Waals surface area (Å²) >= 11 is 0. The number of nitrogens with zero attached hydrogens (tertiary/aromatic N) is 2. The van der Waals surface area contributed by atoms with Crippen LogP contribution >= 0.6 is 0 Å². The maximum absolute atomic E-state index is 5.88. The van der Waals surface area contributed by atoms with E-state index in [9.17, 15) is 0 Å². The van der Waals surface area contributed by atoms with E-state index in [0.29, 0.717) is 0 Å². The van der Waals surface area contributed by atoms with Crippen molar-refractivity contribution in [2.24, 2.45) is 7.05 Å². The van der Waals surface area contributed by atoms with Crippen LogP contribution in [0.2, 0.25) is 0 Å². The number of aromatic nitrogens is 2. The topological polar surface area (TPSA) is 39.1 Å². The van der Waals surface area contributed by atoms with Gasteiger partial charge in [-0.2, -0.15) is 0 Å². The third-order valence-electron chi connectivity index (χ3n) is 3.69. The van der Waals surface area contributed by atoms with E-state index in [0.717, 1.165) is 19.6 Å². The fourth-order valence-corrected chi connectivity index (χ4v) is 2.88. The summed E-state index contributed by atoms with van der Waals surface area (Å²) in [4.78, 5) is 4.09. The minimum atomic E-state index is 0.148. The van der Waals surface area contributed by atoms with Crippen LogP contribution in [0.15, 0.2) is 30.7 Å². The maximum Gasteiger partial charge on any atom is 0.110 e. The van der Waals surface area contributed by atoms with Gasteiger partial charge in [-0.3, -0.25) is 4.98 Å². The second-order valence-corrected chi connectivity index (χ2v) is 4.92. The molecule has 4 heteroatoms. The summed E-state index contributed by atoms with van der Waals surface area (Å²) in [6.45, 7) is 1.64. The maximum atomic E-state index is 5.88. The Bertz CT molecular complexity index is 562. The van der Waals surface area contributed by atoms with Crippen LogP contribution in [0.25, 0.3) is 11.1 Å². The van der Waals surface area contributed by atoms with E-state index in [1.54, 1.807) is 0 Å². The lowest BCUT2D eigenvalue weighted by molar-refractivity contribution is 0.0390. The first-order chi connectivity index (χ1) is 9.31. The largest absolute Gasteiger partial charge is 0.370 e. The summed E-state index contributed by atoms with van der Waals surface area (Å²) in [5.41, 5.74) is 5.26. The summed E-state index contributed by atoms with van der Waals surface area (Å²) in [6, 6.07) is 4.14. The molecule has 100 valence electrons. The van der Waals surface area contributed by atoms with Crippen molar-refractivity contribution in [1.29, 1.82) is 0 Å². The smallest absolute Gasteiger partial charge is 0.110 e. The van der Waals surface area contributed by atoms with Crippen LogP contribution in [-0.2, 0) is 18.2 Å². The first-order valence-electron chi connectivity index (χ1n) is 6.66. The highest BCUT2D eigenvalue weighted by Crippen LogP contribution is 2.35. The van der Waals surface area contributed by atoms with Crippen molar-refractivity contribution < 1.29 is 4.74 Å². The van der Waals surface area contributed by atoms with Crippen LogP contribution in [0.3, 0.4) is 0 Å². The van der Waals surface area contributed by atoms with Crippen molar-refractivity contribution in [3.8, 4) is 11.1 Å². The fraction of sp³-hybridized carbons (Fsp3) is 0.400. The molecule has 0 radical (unpaired) electrons. The highest BCUT2D eigenvalue weighted by atomic mass is 16.5. The van der Waals surface area contributed by atoms with Crippen molar-refractivity contribution in [3.05, 3.63) is 42.0 Å². The molecule has 0 saturated heterocycles. The van der Waals surface area contributed by atoms with E-state index < -0.39 is 0 Å². The van der Waals surface area contributed by atoms with Gasteiger partial charge in [-0.15, -0.1) is 0 Å². The molecule has 1 unspecified atom stereocenters. The lowest BCUT2D eigenvalue weighted by Gasteiger charge is -2.25. The van der Waals surface area contributed by atoms with Crippen LogP contribution in [0.4, 0.5) is 0 Å². The molecule has 0 amide bonds. The Labute approximate surface area is 113 Å². The first kappa shape index (κ1) is 12.4. The van der Waals surface area contributed by atoms with Crippen LogP contribution < -0.4 is 5.32 Å². The summed E-state index contributed by atoms with van der Waals surface area (Å²) in [6.07, 6.45) is 7.03. The van der Waals surface area contributed by atoms with Gasteiger partial charge >= 0.3 is 0 Å². The van der Waals surface area contributed by atoms with E-state index in [4.69, 9.17) is 4.74 Å².